The second kappa shape index (κ2) is 5.49. The summed E-state index contributed by atoms with van der Waals surface area (Å²) in [4.78, 5) is 11.8. The molecule has 0 aliphatic heterocycles. The van der Waals surface area contributed by atoms with Gasteiger partial charge in [0.15, 0.2) is 6.10 Å². The van der Waals surface area contributed by atoms with Crippen molar-refractivity contribution >= 4 is 5.97 Å². The first-order chi connectivity index (χ1) is 10.0. The molecular formula is C13H17F7O3. The predicted molar refractivity (Wildman–Crippen MR) is 64.1 cm³/mol. The maximum absolute atomic E-state index is 14.0. The summed E-state index contributed by atoms with van der Waals surface area (Å²) in [5.41, 5.74) is -6.89. The third-order valence-corrected chi connectivity index (χ3v) is 4.23. The molecule has 0 aromatic heterocycles. The lowest BCUT2D eigenvalue weighted by molar-refractivity contribution is -0.420. The van der Waals surface area contributed by atoms with Crippen molar-refractivity contribution in [1.82, 2.24) is 0 Å². The van der Waals surface area contributed by atoms with Crippen molar-refractivity contribution in [3.8, 4) is 0 Å². The zero-order valence-corrected chi connectivity index (χ0v) is 12.6. The highest BCUT2D eigenvalue weighted by molar-refractivity contribution is 5.76. The molecule has 0 amide bonds. The third-order valence-electron chi connectivity index (χ3n) is 4.23. The fourth-order valence-electron chi connectivity index (χ4n) is 2.11. The summed E-state index contributed by atoms with van der Waals surface area (Å²) in [6.45, 7) is 4.13. The molecule has 0 spiro atoms. The fraction of sp³-hybridized carbons (Fsp3) is 0.923. The quantitative estimate of drug-likeness (QED) is 0.621. The van der Waals surface area contributed by atoms with E-state index in [9.17, 15) is 40.6 Å². The predicted octanol–water partition coefficient (Wildman–Crippen LogP) is 3.69. The fourth-order valence-corrected chi connectivity index (χ4v) is 2.11. The smallest absolute Gasteiger partial charge is 0.429 e. The Labute approximate surface area is 127 Å². The molecule has 1 fully saturated rings. The van der Waals surface area contributed by atoms with Crippen LogP contribution in [-0.2, 0) is 9.53 Å². The molecule has 0 heterocycles. The maximum atomic E-state index is 14.0. The molecule has 1 aliphatic carbocycles. The summed E-state index contributed by atoms with van der Waals surface area (Å²) >= 11 is 0. The zero-order valence-electron chi connectivity index (χ0n) is 12.6. The Morgan fingerprint density at radius 3 is 2.09 bits per heavy atom. The number of ether oxygens (including phenoxy) is 1. The topological polar surface area (TPSA) is 46.5 Å². The van der Waals surface area contributed by atoms with Crippen molar-refractivity contribution in [3.63, 3.8) is 0 Å². The lowest BCUT2D eigenvalue weighted by Gasteiger charge is -2.48. The molecule has 1 rings (SSSR count). The number of halogens is 7. The van der Waals surface area contributed by atoms with Crippen molar-refractivity contribution in [2.75, 3.05) is 0 Å². The SMILES string of the molecule is CCC(C)(C)C(=O)OC1CCC(F)(F)C(O)(C(F)(F)F)C1(F)F. The molecule has 2 unspecified atom stereocenters. The van der Waals surface area contributed by atoms with Gasteiger partial charge in [-0.3, -0.25) is 4.79 Å². The van der Waals surface area contributed by atoms with Gasteiger partial charge in [0, 0.05) is 6.42 Å². The first-order valence-electron chi connectivity index (χ1n) is 6.80. The number of carbonyl (C=O) groups is 1. The minimum atomic E-state index is -6.31. The Morgan fingerprint density at radius 2 is 1.70 bits per heavy atom. The van der Waals surface area contributed by atoms with Gasteiger partial charge < -0.3 is 9.84 Å². The summed E-state index contributed by atoms with van der Waals surface area (Å²) in [5, 5.41) is 9.19. The highest BCUT2D eigenvalue weighted by Gasteiger charge is 2.84. The number of hydrogen-bond donors (Lipinski definition) is 1. The largest absolute Gasteiger partial charge is 0.455 e. The minimum absolute atomic E-state index is 0.129. The van der Waals surface area contributed by atoms with E-state index in [1.54, 1.807) is 0 Å². The van der Waals surface area contributed by atoms with E-state index in [4.69, 9.17) is 0 Å². The zero-order chi connectivity index (χ0) is 18.5. The number of alkyl halides is 7. The first kappa shape index (κ1) is 20.0. The number of esters is 1. The van der Waals surface area contributed by atoms with Gasteiger partial charge in [-0.05, 0) is 26.7 Å². The average Bonchev–Trinajstić information content (AvgIpc) is 2.38. The molecule has 2 atom stereocenters. The molecule has 1 saturated carbocycles. The number of aliphatic hydroxyl groups is 1. The summed E-state index contributed by atoms with van der Waals surface area (Å²) in [6.07, 6.45) is -11.9. The normalized spacial score (nSPS) is 30.8. The molecule has 136 valence electrons. The summed E-state index contributed by atoms with van der Waals surface area (Å²) in [7, 11) is 0. The second-order valence-corrected chi connectivity index (χ2v) is 6.21. The molecule has 1 N–H and O–H groups in total. The van der Waals surface area contributed by atoms with Crippen LogP contribution in [0, 0.1) is 5.41 Å². The van der Waals surface area contributed by atoms with Crippen molar-refractivity contribution in [3.05, 3.63) is 0 Å². The van der Waals surface area contributed by atoms with Gasteiger partial charge in [0.2, 0.25) is 0 Å². The molecule has 0 bridgehead atoms. The Morgan fingerprint density at radius 1 is 1.22 bits per heavy atom. The van der Waals surface area contributed by atoms with Crippen LogP contribution in [0.3, 0.4) is 0 Å². The van der Waals surface area contributed by atoms with Gasteiger partial charge in [0.05, 0.1) is 5.41 Å². The number of hydrogen-bond acceptors (Lipinski definition) is 3. The van der Waals surface area contributed by atoms with E-state index in [1.807, 2.05) is 0 Å². The Balaban J connectivity index is 3.24. The van der Waals surface area contributed by atoms with Crippen LogP contribution in [-0.4, -0.2) is 40.8 Å². The molecule has 1 aliphatic rings. The van der Waals surface area contributed by atoms with E-state index in [2.05, 4.69) is 4.74 Å². The van der Waals surface area contributed by atoms with Crippen molar-refractivity contribution < 1.29 is 45.4 Å². The van der Waals surface area contributed by atoms with E-state index in [0.29, 0.717) is 0 Å². The van der Waals surface area contributed by atoms with Crippen LogP contribution >= 0.6 is 0 Å². The third kappa shape index (κ3) is 2.89. The summed E-state index contributed by atoms with van der Waals surface area (Å²) < 4.78 is 97.7. The van der Waals surface area contributed by atoms with E-state index in [0.717, 1.165) is 0 Å². The molecular weight excluding hydrogens is 337 g/mol. The lowest BCUT2D eigenvalue weighted by Crippen LogP contribution is -2.75. The van der Waals surface area contributed by atoms with Gasteiger partial charge in [-0.25, -0.2) is 8.78 Å². The van der Waals surface area contributed by atoms with Gasteiger partial charge in [-0.1, -0.05) is 6.92 Å². The molecule has 0 aromatic carbocycles. The molecule has 3 nitrogen and oxygen atoms in total. The maximum Gasteiger partial charge on any atom is 0.429 e. The number of carbonyl (C=O) groups excluding carboxylic acids is 1. The lowest BCUT2D eigenvalue weighted by atomic mass is 9.75. The van der Waals surface area contributed by atoms with Crippen LogP contribution in [0.4, 0.5) is 30.7 Å². The van der Waals surface area contributed by atoms with Crippen molar-refractivity contribution in [2.24, 2.45) is 5.41 Å². The van der Waals surface area contributed by atoms with Gasteiger partial charge >= 0.3 is 18.1 Å². The van der Waals surface area contributed by atoms with E-state index >= 15 is 0 Å². The van der Waals surface area contributed by atoms with Gasteiger partial charge in [-0.15, -0.1) is 0 Å². The Hall–Kier alpha value is -1.06. The molecule has 0 radical (unpaired) electrons. The Kier molecular flexibility index (Phi) is 4.77. The molecule has 0 saturated heterocycles. The molecule has 10 heteroatoms. The number of rotatable bonds is 3. The average molecular weight is 354 g/mol. The van der Waals surface area contributed by atoms with Crippen molar-refractivity contribution in [1.29, 1.82) is 0 Å². The van der Waals surface area contributed by atoms with Crippen LogP contribution in [0.25, 0.3) is 0 Å². The standard InChI is InChI=1S/C13H17F7O3/c1-4-9(2,3)8(21)23-7-5-6-10(14,15)12(22,11(7,16)17)13(18,19)20/h7,22H,4-6H2,1-3H3. The minimum Gasteiger partial charge on any atom is -0.455 e. The summed E-state index contributed by atoms with van der Waals surface area (Å²) in [5.74, 6) is -11.8. The van der Waals surface area contributed by atoms with Crippen LogP contribution in [0.5, 0.6) is 0 Å². The first-order valence-corrected chi connectivity index (χ1v) is 6.80. The monoisotopic (exact) mass is 354 g/mol. The van der Waals surface area contributed by atoms with Gasteiger partial charge in [0.25, 0.3) is 11.5 Å². The van der Waals surface area contributed by atoms with Gasteiger partial charge in [0.1, 0.15) is 0 Å². The van der Waals surface area contributed by atoms with Crippen LogP contribution in [0.2, 0.25) is 0 Å². The van der Waals surface area contributed by atoms with Gasteiger partial charge in [-0.2, -0.15) is 22.0 Å². The van der Waals surface area contributed by atoms with Crippen molar-refractivity contribution in [2.45, 2.75) is 69.8 Å². The molecule has 23 heavy (non-hydrogen) atoms. The molecule has 0 aromatic rings. The highest BCUT2D eigenvalue weighted by atomic mass is 19.4. The van der Waals surface area contributed by atoms with E-state index in [1.165, 1.54) is 20.8 Å². The summed E-state index contributed by atoms with van der Waals surface area (Å²) in [6, 6.07) is 0. The van der Waals surface area contributed by atoms with Crippen LogP contribution in [0.15, 0.2) is 0 Å². The second-order valence-electron chi connectivity index (χ2n) is 6.21. The van der Waals surface area contributed by atoms with E-state index in [-0.39, 0.29) is 6.42 Å². The highest BCUT2D eigenvalue weighted by Crippen LogP contribution is 2.58. The van der Waals surface area contributed by atoms with Crippen LogP contribution < -0.4 is 0 Å². The van der Waals surface area contributed by atoms with E-state index < -0.39 is 54.0 Å². The van der Waals surface area contributed by atoms with Crippen LogP contribution in [0.1, 0.15) is 40.0 Å². The Bertz CT molecular complexity index is 473.